The second-order valence-electron chi connectivity index (χ2n) is 3.78. The fourth-order valence-electron chi connectivity index (χ4n) is 0.943. The van der Waals surface area contributed by atoms with E-state index in [9.17, 15) is 0 Å². The van der Waals surface area contributed by atoms with Crippen LogP contribution in [-0.4, -0.2) is 21.4 Å². The zero-order valence-corrected chi connectivity index (χ0v) is 9.14. The maximum absolute atomic E-state index is 5.76. The molecule has 0 saturated carbocycles. The van der Waals surface area contributed by atoms with Crippen LogP contribution in [0.4, 0.5) is 5.82 Å². The van der Waals surface area contributed by atoms with Gasteiger partial charge in [0.2, 0.25) is 5.16 Å². The first-order chi connectivity index (χ1) is 5.95. The minimum Gasteiger partial charge on any atom is -0.382 e. The van der Waals surface area contributed by atoms with E-state index in [1.54, 1.807) is 0 Å². The molecule has 1 rings (SSSR count). The molecule has 0 aliphatic heterocycles. The molecule has 2 N–H and O–H groups in total. The number of aromatic nitrogens is 3. The first kappa shape index (κ1) is 10.2. The van der Waals surface area contributed by atoms with E-state index in [-0.39, 0.29) is 5.41 Å². The predicted molar refractivity (Wildman–Crippen MR) is 54.7 cm³/mol. The molecule has 1 heterocycles. The van der Waals surface area contributed by atoms with Gasteiger partial charge in [0.25, 0.3) is 0 Å². The summed E-state index contributed by atoms with van der Waals surface area (Å²) in [5.74, 6) is 0.479. The van der Waals surface area contributed by atoms with Crippen molar-refractivity contribution in [3.05, 3.63) is 5.69 Å². The summed E-state index contributed by atoms with van der Waals surface area (Å²) in [5.41, 5.74) is 6.41. The quantitative estimate of drug-likeness (QED) is 0.692. The lowest BCUT2D eigenvalue weighted by molar-refractivity contribution is 0.549. The summed E-state index contributed by atoms with van der Waals surface area (Å²) in [7, 11) is 0. The normalized spacial score (nSPS) is 11.7. The van der Waals surface area contributed by atoms with Gasteiger partial charge in [0.05, 0.1) is 0 Å². The monoisotopic (exact) mass is 198 g/mol. The van der Waals surface area contributed by atoms with Crippen molar-refractivity contribution in [1.82, 2.24) is 15.2 Å². The average molecular weight is 198 g/mol. The molecule has 0 atom stereocenters. The van der Waals surface area contributed by atoms with E-state index in [1.165, 1.54) is 11.8 Å². The van der Waals surface area contributed by atoms with Crippen molar-refractivity contribution < 1.29 is 0 Å². The lowest BCUT2D eigenvalue weighted by Gasteiger charge is -2.17. The number of thioether (sulfide) groups is 1. The van der Waals surface area contributed by atoms with Gasteiger partial charge in [-0.25, -0.2) is 4.98 Å². The van der Waals surface area contributed by atoms with Crippen LogP contribution < -0.4 is 5.73 Å². The first-order valence-electron chi connectivity index (χ1n) is 4.00. The van der Waals surface area contributed by atoms with Crippen molar-refractivity contribution in [2.24, 2.45) is 0 Å². The van der Waals surface area contributed by atoms with Gasteiger partial charge >= 0.3 is 0 Å². The Morgan fingerprint density at radius 1 is 1.23 bits per heavy atom. The van der Waals surface area contributed by atoms with Gasteiger partial charge in [0.1, 0.15) is 5.69 Å². The smallest absolute Gasteiger partial charge is 0.210 e. The summed E-state index contributed by atoms with van der Waals surface area (Å²) in [6.45, 7) is 6.11. The van der Waals surface area contributed by atoms with Crippen molar-refractivity contribution in [3.8, 4) is 0 Å². The van der Waals surface area contributed by atoms with Crippen LogP contribution in [0.1, 0.15) is 26.5 Å². The van der Waals surface area contributed by atoms with Gasteiger partial charge in [0, 0.05) is 5.41 Å². The van der Waals surface area contributed by atoms with Gasteiger partial charge < -0.3 is 5.73 Å². The molecule has 0 fully saturated rings. The molecule has 1 aromatic heterocycles. The van der Waals surface area contributed by atoms with Crippen LogP contribution in [0.25, 0.3) is 0 Å². The number of nitrogens with two attached hydrogens (primary N) is 1. The molecule has 0 unspecified atom stereocenters. The first-order valence-corrected chi connectivity index (χ1v) is 5.22. The van der Waals surface area contributed by atoms with Crippen LogP contribution in [0.15, 0.2) is 5.16 Å². The third-order valence-corrected chi connectivity index (χ3v) is 2.13. The highest BCUT2D eigenvalue weighted by Gasteiger charge is 2.20. The van der Waals surface area contributed by atoms with Gasteiger partial charge in [-0.05, 0) is 6.26 Å². The molecule has 0 radical (unpaired) electrons. The maximum atomic E-state index is 5.76. The number of hydrogen-bond acceptors (Lipinski definition) is 5. The molecule has 0 spiro atoms. The third kappa shape index (κ3) is 2.30. The molecule has 1 aromatic rings. The highest BCUT2D eigenvalue weighted by Crippen LogP contribution is 2.24. The lowest BCUT2D eigenvalue weighted by atomic mass is 9.92. The number of hydrogen-bond donors (Lipinski definition) is 1. The molecule has 0 aliphatic carbocycles. The van der Waals surface area contributed by atoms with Crippen molar-refractivity contribution in [1.29, 1.82) is 0 Å². The molecule has 0 aromatic carbocycles. The molecule has 72 valence electrons. The Labute approximate surface area is 82.3 Å². The zero-order valence-electron chi connectivity index (χ0n) is 8.33. The minimum atomic E-state index is -0.0962. The van der Waals surface area contributed by atoms with Crippen LogP contribution in [0.3, 0.4) is 0 Å². The van der Waals surface area contributed by atoms with E-state index < -0.39 is 0 Å². The predicted octanol–water partition coefficient (Wildman–Crippen LogP) is 1.47. The Bertz CT molecular complexity index is 306. The summed E-state index contributed by atoms with van der Waals surface area (Å²) in [5, 5.41) is 8.62. The summed E-state index contributed by atoms with van der Waals surface area (Å²) in [4.78, 5) is 4.13. The average Bonchev–Trinajstić information content (AvgIpc) is 2.01. The number of nitrogens with zero attached hydrogens (tertiary/aromatic N) is 3. The van der Waals surface area contributed by atoms with E-state index in [1.807, 2.05) is 27.0 Å². The van der Waals surface area contributed by atoms with Gasteiger partial charge in [-0.1, -0.05) is 32.5 Å². The zero-order chi connectivity index (χ0) is 10.1. The molecule has 4 nitrogen and oxygen atoms in total. The molecule has 0 bridgehead atoms. The maximum Gasteiger partial charge on any atom is 0.210 e. The Kier molecular flexibility index (Phi) is 2.75. The summed E-state index contributed by atoms with van der Waals surface area (Å²) < 4.78 is 0. The second kappa shape index (κ2) is 3.49. The second-order valence-corrected chi connectivity index (χ2v) is 4.56. The lowest BCUT2D eigenvalue weighted by Crippen LogP contribution is -2.18. The summed E-state index contributed by atoms with van der Waals surface area (Å²) >= 11 is 1.44. The van der Waals surface area contributed by atoms with Crippen molar-refractivity contribution in [2.45, 2.75) is 31.3 Å². The number of rotatable bonds is 1. The Hall–Kier alpha value is -0.840. The van der Waals surface area contributed by atoms with E-state index in [0.29, 0.717) is 11.0 Å². The molecule has 0 aliphatic rings. The standard InChI is InChI=1S/C8H14N4S/c1-8(2,3)5-6(9)10-7(13-4)12-11-5/h1-4H3,(H2,9,10,12). The van der Waals surface area contributed by atoms with E-state index in [2.05, 4.69) is 15.2 Å². The molecule has 5 heteroatoms. The van der Waals surface area contributed by atoms with Gasteiger partial charge in [-0.3, -0.25) is 0 Å². The van der Waals surface area contributed by atoms with Gasteiger partial charge in [-0.2, -0.15) is 0 Å². The molecular weight excluding hydrogens is 184 g/mol. The Morgan fingerprint density at radius 2 is 1.85 bits per heavy atom. The SMILES string of the molecule is CSc1nnc(C(C)(C)C)c(N)n1. The third-order valence-electron chi connectivity index (χ3n) is 1.59. The van der Waals surface area contributed by atoms with Crippen LogP contribution in [0, 0.1) is 0 Å². The van der Waals surface area contributed by atoms with Crippen LogP contribution in [0.5, 0.6) is 0 Å². The van der Waals surface area contributed by atoms with Gasteiger partial charge in [-0.15, -0.1) is 10.2 Å². The van der Waals surface area contributed by atoms with Crippen molar-refractivity contribution in [2.75, 3.05) is 12.0 Å². The summed E-state index contributed by atoms with van der Waals surface area (Å²) in [6.07, 6.45) is 1.90. The van der Waals surface area contributed by atoms with Crippen molar-refractivity contribution >= 4 is 17.6 Å². The number of nitrogen functional groups attached to an aromatic ring is 1. The Morgan fingerprint density at radius 3 is 2.23 bits per heavy atom. The number of anilines is 1. The van der Waals surface area contributed by atoms with Crippen molar-refractivity contribution in [3.63, 3.8) is 0 Å². The fraction of sp³-hybridized carbons (Fsp3) is 0.625. The molecule has 0 amide bonds. The highest BCUT2D eigenvalue weighted by molar-refractivity contribution is 7.98. The Balaban J connectivity index is 3.13. The molecule has 0 saturated heterocycles. The van der Waals surface area contributed by atoms with E-state index >= 15 is 0 Å². The van der Waals surface area contributed by atoms with Crippen LogP contribution in [0.2, 0.25) is 0 Å². The highest BCUT2D eigenvalue weighted by atomic mass is 32.2. The van der Waals surface area contributed by atoms with Gasteiger partial charge in [0.15, 0.2) is 5.82 Å². The van der Waals surface area contributed by atoms with Crippen LogP contribution in [-0.2, 0) is 5.41 Å². The topological polar surface area (TPSA) is 64.7 Å². The molecular formula is C8H14N4S. The fourth-order valence-corrected chi connectivity index (χ4v) is 1.26. The molecule has 13 heavy (non-hydrogen) atoms. The van der Waals surface area contributed by atoms with Crippen LogP contribution >= 0.6 is 11.8 Å². The largest absolute Gasteiger partial charge is 0.382 e. The van der Waals surface area contributed by atoms with E-state index in [0.717, 1.165) is 5.69 Å². The summed E-state index contributed by atoms with van der Waals surface area (Å²) in [6, 6.07) is 0. The van der Waals surface area contributed by atoms with E-state index in [4.69, 9.17) is 5.73 Å². The minimum absolute atomic E-state index is 0.0962.